The van der Waals surface area contributed by atoms with Crippen LogP contribution >= 0.6 is 0 Å². The van der Waals surface area contributed by atoms with Crippen molar-refractivity contribution in [3.8, 4) is 11.3 Å². The number of benzene rings is 2. The van der Waals surface area contributed by atoms with Crippen molar-refractivity contribution in [2.24, 2.45) is 0 Å². The first kappa shape index (κ1) is 22.0. The molecule has 0 atom stereocenters. The second kappa shape index (κ2) is 8.73. The minimum Gasteiger partial charge on any atom is -0.352 e. The van der Waals surface area contributed by atoms with Gasteiger partial charge in [-0.25, -0.2) is 0 Å². The summed E-state index contributed by atoms with van der Waals surface area (Å²) in [4.78, 5) is 17.1. The number of hydrogen-bond donors (Lipinski definition) is 0. The zero-order valence-corrected chi connectivity index (χ0v) is 19.7. The van der Waals surface area contributed by atoms with Crippen molar-refractivity contribution in [3.63, 3.8) is 0 Å². The van der Waals surface area contributed by atoms with Crippen LogP contribution < -0.4 is 4.90 Å². The third-order valence-electron chi connectivity index (χ3n) is 6.34. The molecule has 0 spiro atoms. The molecule has 2 heterocycles. The first-order valence-corrected chi connectivity index (χ1v) is 11.3. The minimum absolute atomic E-state index is 0.0854. The predicted octanol–water partition coefficient (Wildman–Crippen LogP) is 5.02. The second-order valence-corrected chi connectivity index (χ2v) is 9.68. The van der Waals surface area contributed by atoms with Crippen LogP contribution in [0.15, 0.2) is 54.6 Å². The highest BCUT2D eigenvalue weighted by atomic mass is 16.2. The van der Waals surface area contributed by atoms with Crippen LogP contribution in [0.3, 0.4) is 0 Å². The Morgan fingerprint density at radius 3 is 2.06 bits per heavy atom. The van der Waals surface area contributed by atoms with Crippen molar-refractivity contribution in [2.75, 3.05) is 31.1 Å². The minimum atomic E-state index is 0.0854. The molecule has 0 radical (unpaired) electrons. The normalized spacial score (nSPS) is 14.5. The molecule has 4 rings (SSSR count). The lowest BCUT2D eigenvalue weighted by Gasteiger charge is -2.35. The van der Waals surface area contributed by atoms with E-state index < -0.39 is 0 Å². The number of hydrogen-bond acceptors (Lipinski definition) is 4. The van der Waals surface area contributed by atoms with Gasteiger partial charge in [-0.3, -0.25) is 4.79 Å². The fraction of sp³-hybridized carbons (Fsp3) is 0.370. The molecule has 1 amide bonds. The van der Waals surface area contributed by atoms with E-state index in [9.17, 15) is 4.79 Å². The molecule has 0 N–H and O–H groups in total. The molecule has 1 aliphatic heterocycles. The van der Waals surface area contributed by atoms with E-state index in [1.165, 1.54) is 16.7 Å². The van der Waals surface area contributed by atoms with Gasteiger partial charge in [-0.1, -0.05) is 45.0 Å². The number of nitrogens with zero attached hydrogens (tertiary/aromatic N) is 4. The Kier molecular flexibility index (Phi) is 6.00. The van der Waals surface area contributed by atoms with Crippen LogP contribution in [0, 0.1) is 13.8 Å². The molecule has 166 valence electrons. The lowest BCUT2D eigenvalue weighted by Crippen LogP contribution is -2.49. The van der Waals surface area contributed by atoms with Crippen LogP contribution in [-0.2, 0) is 5.41 Å². The average Bonchev–Trinajstić information content (AvgIpc) is 2.80. The van der Waals surface area contributed by atoms with E-state index in [2.05, 4.69) is 80.0 Å². The largest absolute Gasteiger partial charge is 0.352 e. The van der Waals surface area contributed by atoms with E-state index >= 15 is 0 Å². The topological polar surface area (TPSA) is 49.3 Å². The molecule has 0 bridgehead atoms. The Hall–Kier alpha value is -3.21. The maximum absolute atomic E-state index is 12.9. The number of amides is 1. The zero-order chi connectivity index (χ0) is 22.9. The molecule has 5 heteroatoms. The Morgan fingerprint density at radius 2 is 1.50 bits per heavy atom. The highest BCUT2D eigenvalue weighted by Gasteiger charge is 2.23. The van der Waals surface area contributed by atoms with Gasteiger partial charge >= 0.3 is 0 Å². The molecule has 0 aliphatic carbocycles. The number of aryl methyl sites for hydroxylation is 2. The molecule has 1 saturated heterocycles. The lowest BCUT2D eigenvalue weighted by molar-refractivity contribution is 0.0746. The van der Waals surface area contributed by atoms with Gasteiger partial charge in [-0.2, -0.15) is 0 Å². The van der Waals surface area contributed by atoms with Crippen molar-refractivity contribution in [1.29, 1.82) is 0 Å². The Bertz CT molecular complexity index is 1090. The van der Waals surface area contributed by atoms with Gasteiger partial charge in [0.1, 0.15) is 0 Å². The summed E-state index contributed by atoms with van der Waals surface area (Å²) in [6.07, 6.45) is 0. The van der Waals surface area contributed by atoms with Gasteiger partial charge in [0.2, 0.25) is 0 Å². The maximum Gasteiger partial charge on any atom is 0.253 e. The Balaban J connectivity index is 1.38. The Morgan fingerprint density at radius 1 is 0.812 bits per heavy atom. The first-order valence-electron chi connectivity index (χ1n) is 11.3. The number of aromatic nitrogens is 2. The van der Waals surface area contributed by atoms with Crippen LogP contribution in [0.5, 0.6) is 0 Å². The zero-order valence-electron chi connectivity index (χ0n) is 19.7. The molecule has 1 aromatic heterocycles. The number of carbonyl (C=O) groups is 1. The van der Waals surface area contributed by atoms with Crippen LogP contribution in [0.25, 0.3) is 11.3 Å². The quantitative estimate of drug-likeness (QED) is 0.588. The summed E-state index contributed by atoms with van der Waals surface area (Å²) < 4.78 is 0. The van der Waals surface area contributed by atoms with Crippen molar-refractivity contribution >= 4 is 11.7 Å². The van der Waals surface area contributed by atoms with E-state index in [4.69, 9.17) is 0 Å². The molecule has 5 nitrogen and oxygen atoms in total. The summed E-state index contributed by atoms with van der Waals surface area (Å²) in [5.41, 5.74) is 6.57. The fourth-order valence-corrected chi connectivity index (χ4v) is 3.98. The molecular formula is C27H32N4O. The molecule has 1 aliphatic rings. The van der Waals surface area contributed by atoms with Crippen molar-refractivity contribution < 1.29 is 4.79 Å². The molecular weight excluding hydrogens is 396 g/mol. The maximum atomic E-state index is 12.9. The Labute approximate surface area is 191 Å². The summed E-state index contributed by atoms with van der Waals surface area (Å²) in [5, 5.41) is 8.92. The van der Waals surface area contributed by atoms with Crippen molar-refractivity contribution in [2.45, 2.75) is 40.0 Å². The van der Waals surface area contributed by atoms with Gasteiger partial charge in [-0.05, 0) is 66.3 Å². The molecule has 1 fully saturated rings. The molecule has 0 unspecified atom stereocenters. The van der Waals surface area contributed by atoms with E-state index in [-0.39, 0.29) is 11.3 Å². The molecule has 3 aromatic rings. The highest BCUT2D eigenvalue weighted by Crippen LogP contribution is 2.24. The molecule has 0 saturated carbocycles. The van der Waals surface area contributed by atoms with Gasteiger partial charge in [-0.15, -0.1) is 10.2 Å². The average molecular weight is 429 g/mol. The van der Waals surface area contributed by atoms with Crippen LogP contribution in [-0.4, -0.2) is 47.2 Å². The third-order valence-corrected chi connectivity index (χ3v) is 6.34. The van der Waals surface area contributed by atoms with E-state index in [0.29, 0.717) is 13.1 Å². The van der Waals surface area contributed by atoms with Gasteiger partial charge < -0.3 is 9.80 Å². The molecule has 2 aromatic carbocycles. The first-order chi connectivity index (χ1) is 15.2. The summed E-state index contributed by atoms with van der Waals surface area (Å²) in [6, 6.07) is 18.4. The van der Waals surface area contributed by atoms with Crippen LogP contribution in [0.2, 0.25) is 0 Å². The van der Waals surface area contributed by atoms with E-state index in [1.54, 1.807) is 0 Å². The smallest absolute Gasteiger partial charge is 0.253 e. The lowest BCUT2D eigenvalue weighted by atomic mass is 9.86. The number of anilines is 1. The number of piperazine rings is 1. The third kappa shape index (κ3) is 4.67. The van der Waals surface area contributed by atoms with Gasteiger partial charge in [0.05, 0.1) is 5.69 Å². The van der Waals surface area contributed by atoms with E-state index in [0.717, 1.165) is 35.7 Å². The van der Waals surface area contributed by atoms with Crippen LogP contribution in [0.4, 0.5) is 5.82 Å². The number of carbonyl (C=O) groups excluding carboxylic acids is 1. The van der Waals surface area contributed by atoms with E-state index in [1.807, 2.05) is 29.2 Å². The van der Waals surface area contributed by atoms with Gasteiger partial charge in [0.15, 0.2) is 5.82 Å². The standard InChI is InChI=1S/C27H32N4O/c1-19-6-7-22(18-20(19)2)24-12-13-25(29-28-24)30-14-16-31(17-15-30)26(32)21-8-10-23(11-9-21)27(3,4)5/h6-13,18H,14-17H2,1-5H3. The summed E-state index contributed by atoms with van der Waals surface area (Å²) in [7, 11) is 0. The summed E-state index contributed by atoms with van der Waals surface area (Å²) >= 11 is 0. The van der Waals surface area contributed by atoms with Gasteiger partial charge in [0, 0.05) is 37.3 Å². The SMILES string of the molecule is Cc1ccc(-c2ccc(N3CCN(C(=O)c4ccc(C(C)(C)C)cc4)CC3)nn2)cc1C. The number of rotatable bonds is 3. The molecule has 32 heavy (non-hydrogen) atoms. The van der Waals surface area contributed by atoms with Gasteiger partial charge in [0.25, 0.3) is 5.91 Å². The monoisotopic (exact) mass is 428 g/mol. The highest BCUT2D eigenvalue weighted by molar-refractivity contribution is 5.94. The summed E-state index contributed by atoms with van der Waals surface area (Å²) in [5.74, 6) is 0.959. The predicted molar refractivity (Wildman–Crippen MR) is 130 cm³/mol. The fourth-order valence-electron chi connectivity index (χ4n) is 3.98. The van der Waals surface area contributed by atoms with Crippen molar-refractivity contribution in [3.05, 3.63) is 76.9 Å². The summed E-state index contributed by atoms with van der Waals surface area (Å²) in [6.45, 7) is 13.6. The van der Waals surface area contributed by atoms with Crippen molar-refractivity contribution in [1.82, 2.24) is 15.1 Å². The second-order valence-electron chi connectivity index (χ2n) is 9.68. The van der Waals surface area contributed by atoms with Crippen LogP contribution in [0.1, 0.15) is 47.8 Å².